The van der Waals surface area contributed by atoms with Crippen LogP contribution >= 0.6 is 0 Å². The fourth-order valence-electron chi connectivity index (χ4n) is 5.79. The lowest BCUT2D eigenvalue weighted by atomic mass is 9.91. The molecular weight excluding hydrogens is 440 g/mol. The van der Waals surface area contributed by atoms with Crippen LogP contribution in [-0.4, -0.2) is 34.3 Å². The number of fused-ring (bicyclic) bond motifs is 5. The van der Waals surface area contributed by atoms with E-state index in [0.29, 0.717) is 12.0 Å². The predicted molar refractivity (Wildman–Crippen MR) is 133 cm³/mol. The number of carbonyl (C=O) groups excluding carboxylic acids is 2. The second-order valence-corrected chi connectivity index (χ2v) is 10.5. The van der Waals surface area contributed by atoms with Gasteiger partial charge in [-0.05, 0) is 68.4 Å². The average molecular weight is 473 g/mol. The molecule has 1 aliphatic carbocycles. The Kier molecular flexibility index (Phi) is 5.31. The van der Waals surface area contributed by atoms with Crippen LogP contribution in [-0.2, 0) is 11.2 Å². The molecule has 182 valence electrons. The fourth-order valence-corrected chi connectivity index (χ4v) is 5.79. The first-order chi connectivity index (χ1) is 16.9. The van der Waals surface area contributed by atoms with Crippen LogP contribution in [0.5, 0.6) is 5.75 Å². The van der Waals surface area contributed by atoms with Crippen molar-refractivity contribution < 1.29 is 14.3 Å². The van der Waals surface area contributed by atoms with Gasteiger partial charge in [0, 0.05) is 24.0 Å². The zero-order valence-electron chi connectivity index (χ0n) is 20.1. The SMILES string of the molecule is C[C@@H]1c2cccc(c2)C(=O)NC2CC3(CC3)Oc3ccc(cc32)CCCCC2CC(=O)N1C(N)=N2. The summed E-state index contributed by atoms with van der Waals surface area (Å²) in [4.78, 5) is 32.7. The molecule has 1 spiro atoms. The molecule has 5 aliphatic rings. The molecule has 0 radical (unpaired) electrons. The van der Waals surface area contributed by atoms with Crippen molar-refractivity contribution in [3.05, 3.63) is 64.7 Å². The monoisotopic (exact) mass is 472 g/mol. The summed E-state index contributed by atoms with van der Waals surface area (Å²) in [6, 6.07) is 13.4. The van der Waals surface area contributed by atoms with E-state index in [1.807, 2.05) is 31.2 Å². The molecule has 1 fully saturated rings. The molecule has 7 heteroatoms. The van der Waals surface area contributed by atoms with E-state index in [9.17, 15) is 9.59 Å². The third kappa shape index (κ3) is 4.17. The summed E-state index contributed by atoms with van der Waals surface area (Å²) < 4.78 is 6.36. The molecule has 35 heavy (non-hydrogen) atoms. The van der Waals surface area contributed by atoms with Gasteiger partial charge in [0.05, 0.1) is 18.1 Å². The van der Waals surface area contributed by atoms with Crippen molar-refractivity contribution in [2.24, 2.45) is 10.7 Å². The van der Waals surface area contributed by atoms with Crippen molar-refractivity contribution in [2.45, 2.75) is 82.0 Å². The molecule has 3 N–H and O–H groups in total. The maximum absolute atomic E-state index is 13.4. The van der Waals surface area contributed by atoms with Crippen LogP contribution in [0, 0.1) is 0 Å². The van der Waals surface area contributed by atoms with Gasteiger partial charge in [0.15, 0.2) is 5.96 Å². The van der Waals surface area contributed by atoms with E-state index >= 15 is 0 Å². The zero-order valence-corrected chi connectivity index (χ0v) is 20.1. The third-order valence-electron chi connectivity index (χ3n) is 7.98. The number of rotatable bonds is 0. The van der Waals surface area contributed by atoms with E-state index in [1.54, 1.807) is 4.90 Å². The van der Waals surface area contributed by atoms with Gasteiger partial charge in [-0.25, -0.2) is 4.99 Å². The topological polar surface area (TPSA) is 97.0 Å². The van der Waals surface area contributed by atoms with Crippen LogP contribution < -0.4 is 15.8 Å². The number of ether oxygens (including phenoxy) is 1. The van der Waals surface area contributed by atoms with Gasteiger partial charge in [-0.2, -0.15) is 0 Å². The van der Waals surface area contributed by atoms with Crippen molar-refractivity contribution in [3.8, 4) is 5.75 Å². The number of aliphatic imine (C=N–C) groups is 1. The highest BCUT2D eigenvalue weighted by molar-refractivity contribution is 5.99. The predicted octanol–water partition coefficient (Wildman–Crippen LogP) is 4.18. The van der Waals surface area contributed by atoms with E-state index in [-0.39, 0.29) is 41.5 Å². The van der Waals surface area contributed by atoms with Crippen molar-refractivity contribution >= 4 is 17.8 Å². The number of nitrogens with zero attached hydrogens (tertiary/aromatic N) is 2. The first-order valence-electron chi connectivity index (χ1n) is 12.8. The molecule has 1 saturated carbocycles. The third-order valence-corrected chi connectivity index (χ3v) is 7.98. The van der Waals surface area contributed by atoms with Gasteiger partial charge >= 0.3 is 0 Å². The molecule has 2 aromatic rings. The second kappa shape index (κ2) is 8.40. The van der Waals surface area contributed by atoms with Gasteiger partial charge in [0.25, 0.3) is 5.91 Å². The van der Waals surface area contributed by atoms with Crippen molar-refractivity contribution in [1.29, 1.82) is 0 Å². The normalized spacial score (nSPS) is 27.4. The lowest BCUT2D eigenvalue weighted by Gasteiger charge is -2.34. The van der Waals surface area contributed by atoms with Crippen LogP contribution in [0.25, 0.3) is 0 Å². The maximum atomic E-state index is 13.4. The van der Waals surface area contributed by atoms with E-state index in [1.165, 1.54) is 5.56 Å². The Morgan fingerprint density at radius 1 is 1.14 bits per heavy atom. The molecule has 4 heterocycles. The fraction of sp³-hybridized carbons (Fsp3) is 0.464. The molecule has 7 rings (SSSR count). The van der Waals surface area contributed by atoms with Gasteiger partial charge in [-0.3, -0.25) is 14.5 Å². The van der Waals surface area contributed by atoms with E-state index < -0.39 is 0 Å². The Morgan fingerprint density at radius 3 is 2.80 bits per heavy atom. The minimum atomic E-state index is -0.306. The summed E-state index contributed by atoms with van der Waals surface area (Å²) >= 11 is 0. The number of hydrogen-bond acceptors (Lipinski definition) is 5. The van der Waals surface area contributed by atoms with Crippen molar-refractivity contribution in [2.75, 3.05) is 0 Å². The van der Waals surface area contributed by atoms with Gasteiger partial charge in [0.2, 0.25) is 5.91 Å². The first kappa shape index (κ1) is 22.1. The molecule has 0 aromatic heterocycles. The molecule has 4 aliphatic heterocycles. The van der Waals surface area contributed by atoms with Crippen LogP contribution in [0.3, 0.4) is 0 Å². The average Bonchev–Trinajstić information content (AvgIpc) is 3.59. The number of aryl methyl sites for hydroxylation is 1. The molecule has 2 aromatic carbocycles. The van der Waals surface area contributed by atoms with Crippen LogP contribution in [0.15, 0.2) is 47.5 Å². The number of nitrogens with one attached hydrogen (secondary N) is 1. The first-order valence-corrected chi connectivity index (χ1v) is 12.8. The summed E-state index contributed by atoms with van der Waals surface area (Å²) in [5.41, 5.74) is 9.89. The number of benzene rings is 2. The van der Waals surface area contributed by atoms with E-state index in [2.05, 4.69) is 28.5 Å². The highest BCUT2D eigenvalue weighted by Gasteiger charge is 2.51. The molecule has 6 bridgehead atoms. The van der Waals surface area contributed by atoms with E-state index in [4.69, 9.17) is 10.5 Å². The molecule has 3 atom stereocenters. The molecule has 2 amide bonds. The van der Waals surface area contributed by atoms with Gasteiger partial charge in [-0.15, -0.1) is 0 Å². The Labute approximate surface area is 205 Å². The summed E-state index contributed by atoms with van der Waals surface area (Å²) in [7, 11) is 0. The number of carbonyl (C=O) groups is 2. The lowest BCUT2D eigenvalue weighted by molar-refractivity contribution is -0.130. The maximum Gasteiger partial charge on any atom is 0.251 e. The Balaban J connectivity index is 1.37. The van der Waals surface area contributed by atoms with Crippen LogP contribution in [0.1, 0.15) is 91.0 Å². The summed E-state index contributed by atoms with van der Waals surface area (Å²) in [5, 5.41) is 3.29. The van der Waals surface area contributed by atoms with Crippen molar-refractivity contribution in [3.63, 3.8) is 0 Å². The Hall–Kier alpha value is -3.35. The number of hydrogen-bond donors (Lipinski definition) is 2. The highest BCUT2D eigenvalue weighted by atomic mass is 16.5. The quantitative estimate of drug-likeness (QED) is 0.601. The Bertz CT molecular complexity index is 1220. The Morgan fingerprint density at radius 2 is 2.00 bits per heavy atom. The number of guanidine groups is 1. The van der Waals surface area contributed by atoms with Gasteiger partial charge in [-0.1, -0.05) is 30.7 Å². The smallest absolute Gasteiger partial charge is 0.251 e. The molecule has 7 nitrogen and oxygen atoms in total. The number of nitrogens with two attached hydrogens (primary N) is 1. The van der Waals surface area contributed by atoms with Gasteiger partial charge in [0.1, 0.15) is 11.4 Å². The zero-order chi connectivity index (χ0) is 24.2. The highest BCUT2D eigenvalue weighted by Crippen LogP contribution is 2.52. The van der Waals surface area contributed by atoms with Gasteiger partial charge < -0.3 is 15.8 Å². The summed E-state index contributed by atoms with van der Waals surface area (Å²) in [6.07, 6.45) is 6.98. The largest absolute Gasteiger partial charge is 0.487 e. The minimum absolute atomic E-state index is 0.0110. The lowest BCUT2D eigenvalue weighted by Crippen LogP contribution is -2.48. The molecule has 2 unspecified atom stereocenters. The van der Waals surface area contributed by atoms with E-state index in [0.717, 1.165) is 61.8 Å². The summed E-state index contributed by atoms with van der Waals surface area (Å²) in [6.45, 7) is 1.93. The standard InChI is InChI=1S/C28H32N4O3/c1-17-19-6-4-7-20(14-19)26(34)31-23-16-28(11-12-28)35-24-10-9-18(13-22(23)24)5-2-3-8-21-15-25(33)32(17)27(29)30-21/h4,6-7,9-10,13-14,17,21,23H,2-3,5,8,11-12,15-16H2,1H3,(H2,29,30)(H,31,34)/t17-,21?,23?/m1/s1. The minimum Gasteiger partial charge on any atom is -0.487 e. The molecular formula is C28H32N4O3. The molecule has 0 saturated heterocycles. The second-order valence-electron chi connectivity index (χ2n) is 10.5. The van der Waals surface area contributed by atoms with Crippen molar-refractivity contribution in [1.82, 2.24) is 10.2 Å². The van der Waals surface area contributed by atoms with Crippen LogP contribution in [0.2, 0.25) is 0 Å². The number of amides is 2. The summed E-state index contributed by atoms with van der Waals surface area (Å²) in [5.74, 6) is 1.04. The van der Waals surface area contributed by atoms with Crippen LogP contribution in [0.4, 0.5) is 0 Å².